The quantitative estimate of drug-likeness (QED) is 0.892. The van der Waals surface area contributed by atoms with Crippen LogP contribution in [0.2, 0.25) is 0 Å². The Bertz CT molecular complexity index is 461. The van der Waals surface area contributed by atoms with Crippen LogP contribution in [0.5, 0.6) is 0 Å². The largest absolute Gasteiger partial charge is 0.480 e. The molecule has 1 saturated carbocycles. The normalized spacial score (nSPS) is 18.8. The van der Waals surface area contributed by atoms with Gasteiger partial charge in [0.15, 0.2) is 0 Å². The number of hydrogen-bond donors (Lipinski definition) is 2. The van der Waals surface area contributed by atoms with Crippen LogP contribution in [-0.2, 0) is 10.2 Å². The molecule has 0 aromatic carbocycles. The second-order valence-corrected chi connectivity index (χ2v) is 7.28. The van der Waals surface area contributed by atoms with Crippen LogP contribution in [0.15, 0.2) is 0 Å². The van der Waals surface area contributed by atoms with Crippen LogP contribution < -0.4 is 5.32 Å². The molecule has 6 heteroatoms. The Morgan fingerprint density at radius 1 is 1.35 bits per heavy atom. The molecule has 1 unspecified atom stereocenters. The molecule has 1 aromatic heterocycles. The lowest BCUT2D eigenvalue weighted by Crippen LogP contribution is -2.38. The maximum atomic E-state index is 11.5. The molecule has 1 aromatic rings. The summed E-state index contributed by atoms with van der Waals surface area (Å²) in [6.07, 6.45) is 5.43. The molecule has 0 bridgehead atoms. The fourth-order valence-electron chi connectivity index (χ4n) is 2.57. The zero-order valence-electron chi connectivity index (χ0n) is 12.3. The zero-order chi connectivity index (χ0) is 14.8. The van der Waals surface area contributed by atoms with E-state index >= 15 is 0 Å². The molecule has 5 nitrogen and oxygen atoms in total. The molecule has 2 rings (SSSR count). The number of carboxylic acids is 1. The van der Waals surface area contributed by atoms with Gasteiger partial charge in [-0.25, -0.2) is 9.78 Å². The fourth-order valence-corrected chi connectivity index (χ4v) is 3.36. The van der Waals surface area contributed by atoms with E-state index in [1.807, 2.05) is 0 Å². The highest BCUT2D eigenvalue weighted by molar-refractivity contribution is 7.09. The number of anilines is 1. The predicted octanol–water partition coefficient (Wildman–Crippen LogP) is 3.28. The Morgan fingerprint density at radius 2 is 2.00 bits per heavy atom. The Morgan fingerprint density at radius 3 is 2.50 bits per heavy atom. The molecule has 0 radical (unpaired) electrons. The summed E-state index contributed by atoms with van der Waals surface area (Å²) in [4.78, 5) is 15.9. The van der Waals surface area contributed by atoms with Gasteiger partial charge in [0, 0.05) is 16.9 Å². The Hall–Kier alpha value is -1.17. The summed E-state index contributed by atoms with van der Waals surface area (Å²) < 4.78 is 4.32. The molecular weight excluding hydrogens is 274 g/mol. The van der Waals surface area contributed by atoms with Crippen LogP contribution in [-0.4, -0.2) is 26.5 Å². The molecule has 0 saturated heterocycles. The van der Waals surface area contributed by atoms with E-state index in [-0.39, 0.29) is 11.3 Å². The van der Waals surface area contributed by atoms with E-state index in [9.17, 15) is 9.90 Å². The first kappa shape index (κ1) is 15.2. The topological polar surface area (TPSA) is 75.1 Å². The molecule has 1 fully saturated rings. The summed E-state index contributed by atoms with van der Waals surface area (Å²) in [5, 5.41) is 13.2. The second-order valence-electron chi connectivity index (χ2n) is 6.53. The standard InChI is InChI=1S/C14H23N3O2S/c1-14(2,3)12-16-13(20-17-12)15-10(11(18)19)9-7-5-4-6-8-9/h9-10H,4-8H2,1-3H3,(H,18,19)(H,15,16,17). The van der Waals surface area contributed by atoms with E-state index in [1.54, 1.807) is 0 Å². The lowest BCUT2D eigenvalue weighted by Gasteiger charge is -2.27. The van der Waals surface area contributed by atoms with Gasteiger partial charge in [0.2, 0.25) is 5.13 Å². The Balaban J connectivity index is 2.08. The van der Waals surface area contributed by atoms with Crippen LogP contribution in [0, 0.1) is 5.92 Å². The summed E-state index contributed by atoms with van der Waals surface area (Å²) in [6, 6.07) is -0.545. The summed E-state index contributed by atoms with van der Waals surface area (Å²) in [5.74, 6) is 0.172. The summed E-state index contributed by atoms with van der Waals surface area (Å²) in [6.45, 7) is 6.15. The molecular formula is C14H23N3O2S. The van der Waals surface area contributed by atoms with E-state index in [4.69, 9.17) is 0 Å². The molecule has 0 spiro atoms. The number of rotatable bonds is 4. The van der Waals surface area contributed by atoms with Crippen LogP contribution >= 0.6 is 11.5 Å². The highest BCUT2D eigenvalue weighted by Crippen LogP contribution is 2.29. The number of carboxylic acid groups (broad SMARTS) is 1. The van der Waals surface area contributed by atoms with Crippen molar-refractivity contribution in [1.29, 1.82) is 0 Å². The molecule has 1 aliphatic carbocycles. The van der Waals surface area contributed by atoms with Crippen molar-refractivity contribution in [2.75, 3.05) is 5.32 Å². The number of nitrogens with zero attached hydrogens (tertiary/aromatic N) is 2. The lowest BCUT2D eigenvalue weighted by molar-refractivity contribution is -0.139. The zero-order valence-corrected chi connectivity index (χ0v) is 13.2. The third-order valence-corrected chi connectivity index (χ3v) is 4.41. The van der Waals surface area contributed by atoms with Crippen molar-refractivity contribution < 1.29 is 9.90 Å². The molecule has 1 heterocycles. The Kier molecular flexibility index (Phi) is 4.62. The maximum Gasteiger partial charge on any atom is 0.326 e. The van der Waals surface area contributed by atoms with Gasteiger partial charge in [-0.15, -0.1) is 0 Å². The van der Waals surface area contributed by atoms with E-state index in [0.29, 0.717) is 5.13 Å². The minimum atomic E-state index is -0.788. The smallest absolute Gasteiger partial charge is 0.326 e. The SMILES string of the molecule is CC(C)(C)c1nsc(NC(C(=O)O)C2CCCCC2)n1. The fraction of sp³-hybridized carbons (Fsp3) is 0.786. The minimum Gasteiger partial charge on any atom is -0.480 e. The first-order chi connectivity index (χ1) is 9.38. The number of carbonyl (C=O) groups is 1. The van der Waals surface area contributed by atoms with Crippen LogP contribution in [0.4, 0.5) is 5.13 Å². The van der Waals surface area contributed by atoms with Crippen LogP contribution in [0.25, 0.3) is 0 Å². The van der Waals surface area contributed by atoms with Gasteiger partial charge in [-0.1, -0.05) is 40.0 Å². The van der Waals surface area contributed by atoms with E-state index in [1.165, 1.54) is 18.0 Å². The monoisotopic (exact) mass is 297 g/mol. The second kappa shape index (κ2) is 6.08. The molecule has 112 valence electrons. The van der Waals surface area contributed by atoms with Gasteiger partial charge in [0.25, 0.3) is 0 Å². The van der Waals surface area contributed by atoms with Gasteiger partial charge in [-0.2, -0.15) is 4.37 Å². The van der Waals surface area contributed by atoms with Gasteiger partial charge in [0.05, 0.1) is 0 Å². The minimum absolute atomic E-state index is 0.111. The van der Waals surface area contributed by atoms with Gasteiger partial charge in [-0.3, -0.25) is 0 Å². The molecule has 0 amide bonds. The van der Waals surface area contributed by atoms with Gasteiger partial charge < -0.3 is 10.4 Å². The maximum absolute atomic E-state index is 11.5. The van der Waals surface area contributed by atoms with Crippen molar-refractivity contribution in [3.8, 4) is 0 Å². The van der Waals surface area contributed by atoms with Crippen molar-refractivity contribution in [3.63, 3.8) is 0 Å². The molecule has 1 aliphatic rings. The number of nitrogens with one attached hydrogen (secondary N) is 1. The predicted molar refractivity (Wildman–Crippen MR) is 80.2 cm³/mol. The summed E-state index contributed by atoms with van der Waals surface area (Å²) >= 11 is 1.25. The van der Waals surface area contributed by atoms with Gasteiger partial charge in [0.1, 0.15) is 11.9 Å². The lowest BCUT2D eigenvalue weighted by atomic mass is 9.84. The first-order valence-electron chi connectivity index (χ1n) is 7.21. The van der Waals surface area contributed by atoms with Gasteiger partial charge in [-0.05, 0) is 18.8 Å². The van der Waals surface area contributed by atoms with Crippen molar-refractivity contribution >= 4 is 22.6 Å². The average Bonchev–Trinajstić information content (AvgIpc) is 2.85. The highest BCUT2D eigenvalue weighted by Gasteiger charge is 2.30. The average molecular weight is 297 g/mol. The number of aliphatic carboxylic acids is 1. The Labute approximate surface area is 124 Å². The highest BCUT2D eigenvalue weighted by atomic mass is 32.1. The van der Waals surface area contributed by atoms with E-state index in [2.05, 4.69) is 35.4 Å². The summed E-state index contributed by atoms with van der Waals surface area (Å²) in [5.41, 5.74) is -0.111. The number of aromatic nitrogens is 2. The molecule has 20 heavy (non-hydrogen) atoms. The number of hydrogen-bond acceptors (Lipinski definition) is 5. The van der Waals surface area contributed by atoms with Crippen molar-refractivity contribution in [2.45, 2.75) is 64.3 Å². The van der Waals surface area contributed by atoms with Crippen molar-refractivity contribution in [1.82, 2.24) is 9.36 Å². The third-order valence-electron chi connectivity index (χ3n) is 3.76. The molecule has 2 N–H and O–H groups in total. The van der Waals surface area contributed by atoms with Crippen molar-refractivity contribution in [2.24, 2.45) is 5.92 Å². The third kappa shape index (κ3) is 3.69. The molecule has 1 atom stereocenters. The first-order valence-corrected chi connectivity index (χ1v) is 7.99. The van der Waals surface area contributed by atoms with Crippen molar-refractivity contribution in [3.05, 3.63) is 5.82 Å². The van der Waals surface area contributed by atoms with Crippen LogP contribution in [0.3, 0.4) is 0 Å². The van der Waals surface area contributed by atoms with Gasteiger partial charge >= 0.3 is 5.97 Å². The van der Waals surface area contributed by atoms with E-state index in [0.717, 1.165) is 31.5 Å². The van der Waals surface area contributed by atoms with E-state index < -0.39 is 12.0 Å². The van der Waals surface area contributed by atoms with Crippen LogP contribution in [0.1, 0.15) is 58.7 Å². The summed E-state index contributed by atoms with van der Waals surface area (Å²) in [7, 11) is 0. The molecule has 0 aliphatic heterocycles.